The second-order valence-corrected chi connectivity index (χ2v) is 6.46. The lowest BCUT2D eigenvalue weighted by molar-refractivity contribution is 0.0602. The molecule has 0 radical (unpaired) electrons. The van der Waals surface area contributed by atoms with E-state index >= 15 is 0 Å². The summed E-state index contributed by atoms with van der Waals surface area (Å²) < 4.78 is 2.26. The molecule has 2 aromatic carbocycles. The first-order valence-corrected chi connectivity index (χ1v) is 8.10. The van der Waals surface area contributed by atoms with Gasteiger partial charge in [0.05, 0.1) is 16.9 Å². The van der Waals surface area contributed by atoms with Gasteiger partial charge in [-0.2, -0.15) is 0 Å². The Hall–Kier alpha value is -2.95. The highest BCUT2D eigenvalue weighted by molar-refractivity contribution is 6.02. The summed E-state index contributed by atoms with van der Waals surface area (Å²) in [7, 11) is 2.04. The number of phenolic OH excluding ortho intramolecular Hbond substituents is 1. The molecule has 5 nitrogen and oxygen atoms in total. The van der Waals surface area contributed by atoms with E-state index < -0.39 is 0 Å². The van der Waals surface area contributed by atoms with Gasteiger partial charge in [0.25, 0.3) is 5.91 Å². The minimum atomic E-state index is -0.115. The van der Waals surface area contributed by atoms with Crippen LogP contribution < -0.4 is 4.90 Å². The molecule has 1 amide bonds. The highest BCUT2D eigenvalue weighted by Crippen LogP contribution is 2.41. The summed E-state index contributed by atoms with van der Waals surface area (Å²) in [6.45, 7) is 1.45. The lowest BCUT2D eigenvalue weighted by atomic mass is 10.0. The van der Waals surface area contributed by atoms with Gasteiger partial charge < -0.3 is 19.5 Å². The van der Waals surface area contributed by atoms with Crippen molar-refractivity contribution in [3.8, 4) is 5.75 Å². The number of fused-ring (bicyclic) bond motifs is 6. The van der Waals surface area contributed by atoms with Crippen molar-refractivity contribution < 1.29 is 9.90 Å². The largest absolute Gasteiger partial charge is 0.508 e. The van der Waals surface area contributed by atoms with Crippen LogP contribution in [0.5, 0.6) is 5.75 Å². The van der Waals surface area contributed by atoms with E-state index in [0.717, 1.165) is 34.4 Å². The molecule has 0 bridgehead atoms. The quantitative estimate of drug-likeness (QED) is 0.693. The van der Waals surface area contributed by atoms with Gasteiger partial charge in [0.2, 0.25) is 0 Å². The number of rotatable bonds is 0. The highest BCUT2D eigenvalue weighted by Gasteiger charge is 2.40. The van der Waals surface area contributed by atoms with E-state index in [2.05, 4.69) is 15.5 Å². The fourth-order valence-corrected chi connectivity index (χ4v) is 4.10. The molecule has 3 heterocycles. The molecule has 1 unspecified atom stereocenters. The normalized spacial score (nSPS) is 19.2. The van der Waals surface area contributed by atoms with Crippen molar-refractivity contribution in [1.82, 2.24) is 9.47 Å². The van der Waals surface area contributed by atoms with Gasteiger partial charge in [-0.05, 0) is 36.4 Å². The number of anilines is 1. The van der Waals surface area contributed by atoms with E-state index in [1.807, 2.05) is 42.3 Å². The van der Waals surface area contributed by atoms with Crippen LogP contribution in [0, 0.1) is 0 Å². The fourth-order valence-electron chi connectivity index (χ4n) is 4.10. The minimum Gasteiger partial charge on any atom is -0.508 e. The monoisotopic (exact) mass is 319 g/mol. The predicted molar refractivity (Wildman–Crippen MR) is 92.2 cm³/mol. The van der Waals surface area contributed by atoms with E-state index in [1.165, 1.54) is 0 Å². The van der Waals surface area contributed by atoms with Crippen LogP contribution in [-0.4, -0.2) is 34.1 Å². The summed E-state index contributed by atoms with van der Waals surface area (Å²) in [4.78, 5) is 17.0. The zero-order valence-corrected chi connectivity index (χ0v) is 13.3. The molecule has 3 aromatic rings. The Bertz CT molecular complexity index is 991. The number of hydrogen-bond acceptors (Lipinski definition) is 3. The number of amides is 1. The van der Waals surface area contributed by atoms with Crippen molar-refractivity contribution in [2.75, 3.05) is 18.5 Å². The third-order valence-electron chi connectivity index (χ3n) is 5.18. The van der Waals surface area contributed by atoms with Crippen molar-refractivity contribution in [3.05, 3.63) is 59.8 Å². The summed E-state index contributed by atoms with van der Waals surface area (Å²) in [6, 6.07) is 15.3. The van der Waals surface area contributed by atoms with Crippen LogP contribution in [0.2, 0.25) is 0 Å². The molecule has 5 rings (SSSR count). The number of carbonyl (C=O) groups is 1. The maximum absolute atomic E-state index is 12.9. The number of aromatic hydroxyl groups is 1. The van der Waals surface area contributed by atoms with Crippen LogP contribution >= 0.6 is 0 Å². The fraction of sp³-hybridized carbons (Fsp3) is 0.211. The van der Waals surface area contributed by atoms with E-state index in [0.29, 0.717) is 6.54 Å². The number of para-hydroxylation sites is 1. The highest BCUT2D eigenvalue weighted by atomic mass is 16.3. The van der Waals surface area contributed by atoms with Gasteiger partial charge in [0.1, 0.15) is 11.9 Å². The first-order valence-electron chi connectivity index (χ1n) is 8.10. The maximum atomic E-state index is 12.9. The van der Waals surface area contributed by atoms with E-state index in [4.69, 9.17) is 0 Å². The van der Waals surface area contributed by atoms with Crippen LogP contribution in [0.4, 0.5) is 5.69 Å². The predicted octanol–water partition coefficient (Wildman–Crippen LogP) is 2.95. The molecule has 0 saturated heterocycles. The Morgan fingerprint density at radius 1 is 1.08 bits per heavy atom. The second kappa shape index (κ2) is 4.54. The molecule has 0 aliphatic carbocycles. The van der Waals surface area contributed by atoms with Gasteiger partial charge in [-0.1, -0.05) is 12.1 Å². The average molecular weight is 319 g/mol. The van der Waals surface area contributed by atoms with Crippen molar-refractivity contribution in [2.24, 2.45) is 0 Å². The summed E-state index contributed by atoms with van der Waals surface area (Å²) in [5, 5.41) is 10.8. The standard InChI is InChI=1S/C19H17N3O2/c1-20-16-5-3-2-4-14(16)19(24)22-9-8-21-15-7-6-13(23)10-12(15)11-17(21)18(20)22/h2-7,10-11,18,23H,8-9H2,1H3. The Kier molecular flexibility index (Phi) is 2.55. The molecule has 0 spiro atoms. The lowest BCUT2D eigenvalue weighted by Gasteiger charge is -2.46. The van der Waals surface area contributed by atoms with Gasteiger partial charge in [-0.3, -0.25) is 4.79 Å². The summed E-state index contributed by atoms with van der Waals surface area (Å²) >= 11 is 0. The van der Waals surface area contributed by atoms with E-state index in [-0.39, 0.29) is 17.8 Å². The van der Waals surface area contributed by atoms with Crippen LogP contribution in [0.3, 0.4) is 0 Å². The molecular formula is C19H17N3O2. The van der Waals surface area contributed by atoms with Gasteiger partial charge in [0, 0.05) is 31.0 Å². The number of hydrogen-bond donors (Lipinski definition) is 1. The van der Waals surface area contributed by atoms with Crippen molar-refractivity contribution in [1.29, 1.82) is 0 Å². The van der Waals surface area contributed by atoms with Crippen molar-refractivity contribution in [3.63, 3.8) is 0 Å². The van der Waals surface area contributed by atoms with Gasteiger partial charge in [0.15, 0.2) is 0 Å². The average Bonchev–Trinajstić information content (AvgIpc) is 2.96. The Morgan fingerprint density at radius 2 is 1.92 bits per heavy atom. The Labute approximate surface area is 139 Å². The summed E-state index contributed by atoms with van der Waals surface area (Å²) in [5.74, 6) is 0.355. The first kappa shape index (κ1) is 13.5. The SMILES string of the molecule is CN1c2ccccc2C(=O)N2CCn3c(cc4cc(O)ccc43)C21. The third kappa shape index (κ3) is 1.61. The molecular weight excluding hydrogens is 302 g/mol. The van der Waals surface area contributed by atoms with E-state index in [1.54, 1.807) is 12.1 Å². The second-order valence-electron chi connectivity index (χ2n) is 6.46. The van der Waals surface area contributed by atoms with E-state index in [9.17, 15) is 9.90 Å². The molecule has 0 saturated carbocycles. The molecule has 2 aliphatic rings. The van der Waals surface area contributed by atoms with Crippen LogP contribution in [0.25, 0.3) is 10.9 Å². The molecule has 120 valence electrons. The molecule has 0 fully saturated rings. The van der Waals surface area contributed by atoms with Crippen molar-refractivity contribution in [2.45, 2.75) is 12.7 Å². The Balaban J connectivity index is 1.74. The van der Waals surface area contributed by atoms with Crippen LogP contribution in [-0.2, 0) is 6.54 Å². The van der Waals surface area contributed by atoms with Gasteiger partial charge in [-0.25, -0.2) is 0 Å². The van der Waals surface area contributed by atoms with Crippen LogP contribution in [0.15, 0.2) is 48.5 Å². The molecule has 24 heavy (non-hydrogen) atoms. The lowest BCUT2D eigenvalue weighted by Crippen LogP contribution is -2.52. The smallest absolute Gasteiger partial charge is 0.257 e. The zero-order chi connectivity index (χ0) is 16.4. The molecule has 2 aliphatic heterocycles. The number of carbonyl (C=O) groups excluding carboxylic acids is 1. The first-order chi connectivity index (χ1) is 11.6. The number of phenols is 1. The molecule has 1 atom stereocenters. The number of aromatic nitrogens is 1. The Morgan fingerprint density at radius 3 is 2.79 bits per heavy atom. The number of benzene rings is 2. The van der Waals surface area contributed by atoms with Gasteiger partial charge >= 0.3 is 0 Å². The zero-order valence-electron chi connectivity index (χ0n) is 13.3. The summed E-state index contributed by atoms with van der Waals surface area (Å²) in [6.07, 6.45) is -0.115. The van der Waals surface area contributed by atoms with Crippen molar-refractivity contribution >= 4 is 22.5 Å². The molecule has 5 heteroatoms. The summed E-state index contributed by atoms with van der Waals surface area (Å²) in [5.41, 5.74) is 3.91. The molecule has 1 aromatic heterocycles. The topological polar surface area (TPSA) is 48.7 Å². The minimum absolute atomic E-state index is 0.0908. The maximum Gasteiger partial charge on any atom is 0.257 e. The third-order valence-corrected chi connectivity index (χ3v) is 5.18. The van der Waals surface area contributed by atoms with Crippen LogP contribution in [0.1, 0.15) is 22.2 Å². The van der Waals surface area contributed by atoms with Gasteiger partial charge in [-0.15, -0.1) is 0 Å². The number of nitrogens with zero attached hydrogens (tertiary/aromatic N) is 3. The molecule has 1 N–H and O–H groups in total.